The lowest BCUT2D eigenvalue weighted by Crippen LogP contribution is -2.17. The van der Waals surface area contributed by atoms with Gasteiger partial charge in [-0.05, 0) is 37.5 Å². The summed E-state index contributed by atoms with van der Waals surface area (Å²) in [5, 5.41) is 9.77. The molecule has 0 saturated carbocycles. The lowest BCUT2D eigenvalue weighted by molar-refractivity contribution is 0.0775. The van der Waals surface area contributed by atoms with Crippen LogP contribution < -0.4 is 0 Å². The summed E-state index contributed by atoms with van der Waals surface area (Å²) >= 11 is 0. The minimum Gasteiger partial charge on any atom is -0.386 e. The fraction of sp³-hybridized carbons (Fsp3) is 0.500. The van der Waals surface area contributed by atoms with E-state index in [2.05, 4.69) is 11.9 Å². The van der Waals surface area contributed by atoms with E-state index in [0.717, 1.165) is 17.5 Å². The third-order valence-corrected chi connectivity index (χ3v) is 1.94. The number of aliphatic hydroxyl groups is 1. The summed E-state index contributed by atoms with van der Waals surface area (Å²) in [5.41, 5.74) is 1.33. The second kappa shape index (κ2) is 3.23. The van der Waals surface area contributed by atoms with Gasteiger partial charge in [-0.1, -0.05) is 6.92 Å². The van der Waals surface area contributed by atoms with Crippen LogP contribution in [0.1, 0.15) is 31.9 Å². The van der Waals surface area contributed by atoms with Crippen molar-refractivity contribution in [3.8, 4) is 0 Å². The van der Waals surface area contributed by atoms with E-state index < -0.39 is 5.60 Å². The summed E-state index contributed by atoms with van der Waals surface area (Å²) in [4.78, 5) is 4.02. The van der Waals surface area contributed by atoms with Gasteiger partial charge in [-0.25, -0.2) is 0 Å². The number of aromatic nitrogens is 1. The number of hydrogen-bond acceptors (Lipinski definition) is 2. The second-order valence-corrected chi connectivity index (χ2v) is 3.45. The molecule has 0 saturated heterocycles. The van der Waals surface area contributed by atoms with Crippen molar-refractivity contribution in [3.05, 3.63) is 29.6 Å². The van der Waals surface area contributed by atoms with Crippen molar-refractivity contribution in [1.29, 1.82) is 0 Å². The smallest absolute Gasteiger partial charge is 0.0844 e. The van der Waals surface area contributed by atoms with Crippen LogP contribution in [-0.4, -0.2) is 10.1 Å². The monoisotopic (exact) mass is 165 g/mol. The van der Waals surface area contributed by atoms with Gasteiger partial charge in [-0.2, -0.15) is 0 Å². The zero-order valence-corrected chi connectivity index (χ0v) is 7.83. The molecule has 2 nitrogen and oxygen atoms in total. The van der Waals surface area contributed by atoms with E-state index in [0.29, 0.717) is 0 Å². The standard InChI is InChI=1S/C10H15NO/c1-4-8-7-11-6-5-9(8)10(2,3)12/h5-7,12H,4H2,1-3H3. The first-order valence-corrected chi connectivity index (χ1v) is 4.21. The van der Waals surface area contributed by atoms with Crippen molar-refractivity contribution >= 4 is 0 Å². The van der Waals surface area contributed by atoms with Crippen molar-refractivity contribution in [2.45, 2.75) is 32.8 Å². The lowest BCUT2D eigenvalue weighted by atomic mass is 9.94. The summed E-state index contributed by atoms with van der Waals surface area (Å²) in [6, 6.07) is 1.87. The molecule has 0 spiro atoms. The molecule has 0 atom stereocenters. The Morgan fingerprint density at radius 1 is 1.50 bits per heavy atom. The molecular weight excluding hydrogens is 150 g/mol. The Morgan fingerprint density at radius 2 is 2.17 bits per heavy atom. The highest BCUT2D eigenvalue weighted by molar-refractivity contribution is 5.28. The Labute approximate surface area is 73.3 Å². The molecule has 0 bridgehead atoms. The number of nitrogens with zero attached hydrogens (tertiary/aromatic N) is 1. The van der Waals surface area contributed by atoms with Crippen molar-refractivity contribution < 1.29 is 5.11 Å². The SMILES string of the molecule is CCc1cnccc1C(C)(C)O. The Hall–Kier alpha value is -0.890. The van der Waals surface area contributed by atoms with E-state index in [1.807, 2.05) is 12.3 Å². The van der Waals surface area contributed by atoms with Crippen molar-refractivity contribution in [2.75, 3.05) is 0 Å². The maximum Gasteiger partial charge on any atom is 0.0844 e. The van der Waals surface area contributed by atoms with Gasteiger partial charge < -0.3 is 5.11 Å². The van der Waals surface area contributed by atoms with Crippen LogP contribution in [0.2, 0.25) is 0 Å². The van der Waals surface area contributed by atoms with E-state index in [-0.39, 0.29) is 0 Å². The van der Waals surface area contributed by atoms with E-state index in [4.69, 9.17) is 0 Å². The van der Waals surface area contributed by atoms with Gasteiger partial charge in [0, 0.05) is 12.4 Å². The summed E-state index contributed by atoms with van der Waals surface area (Å²) < 4.78 is 0. The first kappa shape index (κ1) is 9.20. The van der Waals surface area contributed by atoms with Crippen LogP contribution in [0.15, 0.2) is 18.5 Å². The summed E-state index contributed by atoms with van der Waals surface area (Å²) in [7, 11) is 0. The van der Waals surface area contributed by atoms with Gasteiger partial charge in [0.05, 0.1) is 5.60 Å². The number of hydrogen-bond donors (Lipinski definition) is 1. The van der Waals surface area contributed by atoms with Crippen LogP contribution in [0.4, 0.5) is 0 Å². The van der Waals surface area contributed by atoms with Gasteiger partial charge in [0.15, 0.2) is 0 Å². The summed E-state index contributed by atoms with van der Waals surface area (Å²) in [6.45, 7) is 5.65. The second-order valence-electron chi connectivity index (χ2n) is 3.45. The maximum absolute atomic E-state index is 9.77. The zero-order chi connectivity index (χ0) is 9.19. The third-order valence-electron chi connectivity index (χ3n) is 1.94. The zero-order valence-electron chi connectivity index (χ0n) is 7.83. The maximum atomic E-state index is 9.77. The topological polar surface area (TPSA) is 33.1 Å². The molecule has 1 N–H and O–H groups in total. The van der Waals surface area contributed by atoms with Crippen LogP contribution in [0.5, 0.6) is 0 Å². The van der Waals surface area contributed by atoms with Gasteiger partial charge in [0.1, 0.15) is 0 Å². The molecule has 1 aromatic rings. The van der Waals surface area contributed by atoms with Gasteiger partial charge in [0.2, 0.25) is 0 Å². The lowest BCUT2D eigenvalue weighted by Gasteiger charge is -2.20. The highest BCUT2D eigenvalue weighted by Gasteiger charge is 2.18. The number of aryl methyl sites for hydroxylation is 1. The largest absolute Gasteiger partial charge is 0.386 e. The number of pyridine rings is 1. The first-order chi connectivity index (χ1) is 5.55. The van der Waals surface area contributed by atoms with Crippen molar-refractivity contribution in [3.63, 3.8) is 0 Å². The molecule has 0 amide bonds. The molecule has 0 aliphatic heterocycles. The highest BCUT2D eigenvalue weighted by atomic mass is 16.3. The average molecular weight is 165 g/mol. The van der Waals surface area contributed by atoms with E-state index in [1.165, 1.54) is 0 Å². The Balaban J connectivity index is 3.14. The molecule has 0 aliphatic rings. The van der Waals surface area contributed by atoms with Crippen LogP contribution >= 0.6 is 0 Å². The fourth-order valence-corrected chi connectivity index (χ4v) is 1.31. The minimum atomic E-state index is -0.756. The van der Waals surface area contributed by atoms with Gasteiger partial charge in [-0.3, -0.25) is 4.98 Å². The quantitative estimate of drug-likeness (QED) is 0.725. The molecule has 12 heavy (non-hydrogen) atoms. The highest BCUT2D eigenvalue weighted by Crippen LogP contribution is 2.22. The first-order valence-electron chi connectivity index (χ1n) is 4.21. The molecule has 0 fully saturated rings. The molecule has 1 heterocycles. The normalized spacial score (nSPS) is 11.7. The van der Waals surface area contributed by atoms with Gasteiger partial charge >= 0.3 is 0 Å². The fourth-order valence-electron chi connectivity index (χ4n) is 1.31. The van der Waals surface area contributed by atoms with E-state index in [1.54, 1.807) is 20.0 Å². The summed E-state index contributed by atoms with van der Waals surface area (Å²) in [5.74, 6) is 0. The van der Waals surface area contributed by atoms with Gasteiger partial charge in [-0.15, -0.1) is 0 Å². The van der Waals surface area contributed by atoms with Crippen LogP contribution in [0.3, 0.4) is 0 Å². The molecule has 2 heteroatoms. The predicted octanol–water partition coefficient (Wildman–Crippen LogP) is 1.87. The molecule has 1 aromatic heterocycles. The van der Waals surface area contributed by atoms with Crippen LogP contribution in [-0.2, 0) is 12.0 Å². The molecule has 0 aromatic carbocycles. The van der Waals surface area contributed by atoms with Crippen molar-refractivity contribution in [1.82, 2.24) is 4.98 Å². The Kier molecular flexibility index (Phi) is 2.48. The molecule has 66 valence electrons. The average Bonchev–Trinajstić information content (AvgIpc) is 2.03. The van der Waals surface area contributed by atoms with E-state index >= 15 is 0 Å². The molecule has 0 radical (unpaired) electrons. The Morgan fingerprint density at radius 3 is 2.58 bits per heavy atom. The van der Waals surface area contributed by atoms with Crippen LogP contribution in [0, 0.1) is 0 Å². The molecule has 0 aliphatic carbocycles. The molecule has 0 unspecified atom stereocenters. The third kappa shape index (κ3) is 1.83. The Bertz CT molecular complexity index is 263. The minimum absolute atomic E-state index is 0.756. The summed E-state index contributed by atoms with van der Waals surface area (Å²) in [6.07, 6.45) is 4.44. The predicted molar refractivity (Wildman–Crippen MR) is 48.9 cm³/mol. The number of rotatable bonds is 2. The van der Waals surface area contributed by atoms with Crippen molar-refractivity contribution in [2.24, 2.45) is 0 Å². The van der Waals surface area contributed by atoms with Crippen LogP contribution in [0.25, 0.3) is 0 Å². The molecular formula is C10H15NO. The van der Waals surface area contributed by atoms with E-state index in [9.17, 15) is 5.11 Å². The molecule has 1 rings (SSSR count). The van der Waals surface area contributed by atoms with Gasteiger partial charge in [0.25, 0.3) is 0 Å².